The van der Waals surface area contributed by atoms with Crippen LogP contribution < -0.4 is 5.32 Å². The van der Waals surface area contributed by atoms with Crippen LogP contribution in [0.2, 0.25) is 0 Å². The second-order valence-corrected chi connectivity index (χ2v) is 5.87. The topological polar surface area (TPSA) is 66.5 Å². The van der Waals surface area contributed by atoms with Crippen LogP contribution in [0.1, 0.15) is 42.5 Å². The number of rotatable bonds is 3. The van der Waals surface area contributed by atoms with Crippen molar-refractivity contribution in [1.29, 1.82) is 0 Å². The van der Waals surface area contributed by atoms with Gasteiger partial charge in [0.05, 0.1) is 12.1 Å². The summed E-state index contributed by atoms with van der Waals surface area (Å²) in [5.41, 5.74) is -0.960. The summed E-state index contributed by atoms with van der Waals surface area (Å²) in [6.07, 6.45) is 3.99. The van der Waals surface area contributed by atoms with Gasteiger partial charge < -0.3 is 5.32 Å². The lowest BCUT2D eigenvalue weighted by Gasteiger charge is -2.30. The number of urea groups is 1. The van der Waals surface area contributed by atoms with E-state index in [0.29, 0.717) is 12.8 Å². The Bertz CT molecular complexity index is 638. The van der Waals surface area contributed by atoms with Gasteiger partial charge in [-0.3, -0.25) is 14.5 Å². The molecule has 1 N–H and O–H groups in total. The van der Waals surface area contributed by atoms with Crippen molar-refractivity contribution in [2.75, 3.05) is 6.54 Å². The Kier molecular flexibility index (Phi) is 3.68. The molecular weight excluding hydrogens is 287 g/mol. The molecule has 1 aromatic carbocycles. The number of imide groups is 1. The molecule has 3 rings (SSSR count). The van der Waals surface area contributed by atoms with E-state index < -0.39 is 29.7 Å². The molecule has 0 atom stereocenters. The number of ketones is 1. The Balaban J connectivity index is 1.78. The summed E-state index contributed by atoms with van der Waals surface area (Å²) in [6, 6.07) is 5.01. The summed E-state index contributed by atoms with van der Waals surface area (Å²) >= 11 is 0. The van der Waals surface area contributed by atoms with E-state index in [1.54, 1.807) is 6.07 Å². The SMILES string of the molecule is O=C(CN1C(=O)NC2(CCCCC2)C1=O)c1ccccc1F. The lowest BCUT2D eigenvalue weighted by atomic mass is 9.82. The van der Waals surface area contributed by atoms with Crippen molar-refractivity contribution in [2.45, 2.75) is 37.6 Å². The van der Waals surface area contributed by atoms with E-state index in [-0.39, 0.29) is 11.5 Å². The molecule has 1 aromatic rings. The molecule has 3 amide bonds. The number of carbonyl (C=O) groups is 3. The highest BCUT2D eigenvalue weighted by Crippen LogP contribution is 2.33. The molecule has 1 saturated carbocycles. The Morgan fingerprint density at radius 1 is 1.18 bits per heavy atom. The molecule has 0 radical (unpaired) electrons. The van der Waals surface area contributed by atoms with Gasteiger partial charge in [-0.1, -0.05) is 31.4 Å². The van der Waals surface area contributed by atoms with Crippen LogP contribution in [0.15, 0.2) is 24.3 Å². The molecular formula is C16H17FN2O3. The third-order valence-corrected chi connectivity index (χ3v) is 4.43. The molecule has 1 aliphatic heterocycles. The van der Waals surface area contributed by atoms with Gasteiger partial charge in [0.1, 0.15) is 11.4 Å². The minimum Gasteiger partial charge on any atom is -0.323 e. The summed E-state index contributed by atoms with van der Waals surface area (Å²) in [5.74, 6) is -1.58. The van der Waals surface area contributed by atoms with E-state index in [1.807, 2.05) is 0 Å². The largest absolute Gasteiger partial charge is 0.325 e. The first kappa shape index (κ1) is 14.7. The number of amides is 3. The van der Waals surface area contributed by atoms with Crippen molar-refractivity contribution < 1.29 is 18.8 Å². The maximum Gasteiger partial charge on any atom is 0.325 e. The fourth-order valence-corrected chi connectivity index (χ4v) is 3.23. The molecule has 1 heterocycles. The maximum absolute atomic E-state index is 13.6. The lowest BCUT2D eigenvalue weighted by molar-refractivity contribution is -0.132. The molecule has 1 aliphatic carbocycles. The molecule has 1 spiro atoms. The van der Waals surface area contributed by atoms with Crippen LogP contribution >= 0.6 is 0 Å². The highest BCUT2D eigenvalue weighted by molar-refractivity contribution is 6.11. The van der Waals surface area contributed by atoms with Gasteiger partial charge in [0.25, 0.3) is 5.91 Å². The fourth-order valence-electron chi connectivity index (χ4n) is 3.23. The van der Waals surface area contributed by atoms with Crippen molar-refractivity contribution in [3.8, 4) is 0 Å². The van der Waals surface area contributed by atoms with Crippen LogP contribution in [0, 0.1) is 5.82 Å². The van der Waals surface area contributed by atoms with Gasteiger partial charge in [-0.25, -0.2) is 9.18 Å². The Hall–Kier alpha value is -2.24. The average molecular weight is 304 g/mol. The number of benzene rings is 1. The minimum atomic E-state index is -0.856. The summed E-state index contributed by atoms with van der Waals surface area (Å²) in [5, 5.41) is 2.73. The highest BCUT2D eigenvalue weighted by atomic mass is 19.1. The number of hydrogen-bond donors (Lipinski definition) is 1. The number of nitrogens with one attached hydrogen (secondary N) is 1. The zero-order valence-corrected chi connectivity index (χ0v) is 12.1. The second kappa shape index (κ2) is 5.51. The Morgan fingerprint density at radius 2 is 1.86 bits per heavy atom. The van der Waals surface area contributed by atoms with Crippen molar-refractivity contribution in [1.82, 2.24) is 10.2 Å². The normalized spacial score (nSPS) is 20.3. The van der Waals surface area contributed by atoms with Crippen LogP contribution in [0.3, 0.4) is 0 Å². The van der Waals surface area contributed by atoms with E-state index >= 15 is 0 Å². The predicted octanol–water partition coefficient (Wildman–Crippen LogP) is 2.26. The molecule has 1 saturated heterocycles. The standard InChI is InChI=1S/C16H17FN2O3/c17-12-7-3-2-6-11(12)13(20)10-19-14(21)16(18-15(19)22)8-4-1-5-9-16/h2-3,6-7H,1,4-5,8-10H2,(H,18,22). The number of nitrogens with zero attached hydrogens (tertiary/aromatic N) is 1. The van der Waals surface area contributed by atoms with E-state index in [0.717, 1.165) is 24.2 Å². The quantitative estimate of drug-likeness (QED) is 0.688. The van der Waals surface area contributed by atoms with Crippen LogP contribution in [-0.2, 0) is 4.79 Å². The fraction of sp³-hybridized carbons (Fsp3) is 0.438. The molecule has 2 aliphatic rings. The zero-order chi connectivity index (χ0) is 15.7. The monoisotopic (exact) mass is 304 g/mol. The second-order valence-electron chi connectivity index (χ2n) is 5.87. The van der Waals surface area contributed by atoms with Gasteiger partial charge in [0.15, 0.2) is 5.78 Å². The Labute approximate surface area is 127 Å². The molecule has 0 unspecified atom stereocenters. The number of halogens is 1. The molecule has 6 heteroatoms. The van der Waals surface area contributed by atoms with Crippen LogP contribution in [0.5, 0.6) is 0 Å². The van der Waals surface area contributed by atoms with Gasteiger partial charge in [-0.15, -0.1) is 0 Å². The van der Waals surface area contributed by atoms with Crippen molar-refractivity contribution in [2.24, 2.45) is 0 Å². The van der Waals surface area contributed by atoms with Gasteiger partial charge >= 0.3 is 6.03 Å². The van der Waals surface area contributed by atoms with Gasteiger partial charge in [0, 0.05) is 0 Å². The van der Waals surface area contributed by atoms with Crippen LogP contribution in [-0.4, -0.2) is 34.7 Å². The molecule has 0 aromatic heterocycles. The molecule has 5 nitrogen and oxygen atoms in total. The first-order valence-electron chi connectivity index (χ1n) is 7.45. The first-order valence-corrected chi connectivity index (χ1v) is 7.45. The summed E-state index contributed by atoms with van der Waals surface area (Å²) in [6.45, 7) is -0.423. The van der Waals surface area contributed by atoms with Crippen molar-refractivity contribution >= 4 is 17.7 Å². The van der Waals surface area contributed by atoms with Crippen molar-refractivity contribution in [3.63, 3.8) is 0 Å². The summed E-state index contributed by atoms with van der Waals surface area (Å²) in [7, 11) is 0. The predicted molar refractivity (Wildman–Crippen MR) is 76.8 cm³/mol. The molecule has 116 valence electrons. The zero-order valence-electron chi connectivity index (χ0n) is 12.1. The molecule has 22 heavy (non-hydrogen) atoms. The first-order chi connectivity index (χ1) is 10.5. The average Bonchev–Trinajstić information content (AvgIpc) is 2.73. The van der Waals surface area contributed by atoms with Crippen LogP contribution in [0.4, 0.5) is 9.18 Å². The van der Waals surface area contributed by atoms with Gasteiger partial charge in [0.2, 0.25) is 0 Å². The smallest absolute Gasteiger partial charge is 0.323 e. The third-order valence-electron chi connectivity index (χ3n) is 4.43. The van der Waals surface area contributed by atoms with E-state index in [2.05, 4.69) is 5.32 Å². The number of Topliss-reactive ketones (excluding diaryl/α,β-unsaturated/α-hetero) is 1. The Morgan fingerprint density at radius 3 is 2.55 bits per heavy atom. The summed E-state index contributed by atoms with van der Waals surface area (Å²) in [4.78, 5) is 37.7. The third kappa shape index (κ3) is 2.38. The summed E-state index contributed by atoms with van der Waals surface area (Å²) < 4.78 is 13.6. The van der Waals surface area contributed by atoms with Gasteiger partial charge in [-0.2, -0.15) is 0 Å². The maximum atomic E-state index is 13.6. The van der Waals surface area contributed by atoms with E-state index in [4.69, 9.17) is 0 Å². The van der Waals surface area contributed by atoms with Gasteiger partial charge in [-0.05, 0) is 25.0 Å². The van der Waals surface area contributed by atoms with E-state index in [9.17, 15) is 18.8 Å². The van der Waals surface area contributed by atoms with E-state index in [1.165, 1.54) is 18.2 Å². The minimum absolute atomic E-state index is 0.104. The van der Waals surface area contributed by atoms with Crippen molar-refractivity contribution in [3.05, 3.63) is 35.6 Å². The lowest BCUT2D eigenvalue weighted by Crippen LogP contribution is -2.48. The number of carbonyl (C=O) groups excluding carboxylic acids is 3. The van der Waals surface area contributed by atoms with Crippen LogP contribution in [0.25, 0.3) is 0 Å². The molecule has 0 bridgehead atoms. The number of hydrogen-bond acceptors (Lipinski definition) is 3. The highest BCUT2D eigenvalue weighted by Gasteiger charge is 2.51. The molecule has 2 fully saturated rings.